The molecular formula is C12H17N3O2. The number of nitrogens with zero attached hydrogens (tertiary/aromatic N) is 1. The molecular weight excluding hydrogens is 218 g/mol. The Hall–Kier alpha value is -2.04. The van der Waals surface area contributed by atoms with Gasteiger partial charge in [-0.05, 0) is 19.1 Å². The third kappa shape index (κ3) is 5.01. The maximum Gasteiger partial charge on any atom is 0.307 e. The van der Waals surface area contributed by atoms with Gasteiger partial charge in [0.15, 0.2) is 5.96 Å². The minimum atomic E-state index is -0.295. The summed E-state index contributed by atoms with van der Waals surface area (Å²) in [6.45, 7) is 2.33. The van der Waals surface area contributed by atoms with Gasteiger partial charge in [-0.2, -0.15) is 0 Å². The van der Waals surface area contributed by atoms with Gasteiger partial charge in [-0.25, -0.2) is 0 Å². The van der Waals surface area contributed by atoms with E-state index in [2.05, 4.69) is 15.0 Å². The molecule has 0 amide bonds. The van der Waals surface area contributed by atoms with Gasteiger partial charge in [0.05, 0.1) is 20.1 Å². The molecule has 3 N–H and O–H groups in total. The number of aliphatic imine (C=N–C) groups is 1. The standard InChI is InChI=1S/C12H17N3O2/c1-9-3-5-10(6-4-9)15-12(13)14-8-7-11(16)17-2/h3-6H,7-8H2,1-2H3,(H3,13,14,15). The van der Waals surface area contributed by atoms with Crippen molar-refractivity contribution in [2.24, 2.45) is 10.7 Å². The van der Waals surface area contributed by atoms with Crippen LogP contribution in [0.5, 0.6) is 0 Å². The number of ether oxygens (including phenoxy) is 1. The summed E-state index contributed by atoms with van der Waals surface area (Å²) < 4.78 is 4.49. The van der Waals surface area contributed by atoms with E-state index >= 15 is 0 Å². The van der Waals surface area contributed by atoms with E-state index in [-0.39, 0.29) is 18.3 Å². The van der Waals surface area contributed by atoms with Gasteiger partial charge >= 0.3 is 5.97 Å². The second kappa shape index (κ2) is 6.52. The van der Waals surface area contributed by atoms with Crippen molar-refractivity contribution in [2.75, 3.05) is 19.0 Å². The van der Waals surface area contributed by atoms with Gasteiger partial charge in [-0.3, -0.25) is 9.79 Å². The SMILES string of the molecule is COC(=O)CCN=C(N)Nc1ccc(C)cc1. The van der Waals surface area contributed by atoms with Crippen molar-refractivity contribution in [2.45, 2.75) is 13.3 Å². The Bertz CT molecular complexity index is 399. The second-order valence-corrected chi connectivity index (χ2v) is 3.58. The first-order valence-corrected chi connectivity index (χ1v) is 5.32. The molecule has 0 aliphatic rings. The third-order valence-electron chi connectivity index (χ3n) is 2.15. The van der Waals surface area contributed by atoms with E-state index in [0.717, 1.165) is 5.69 Å². The van der Waals surface area contributed by atoms with E-state index in [0.29, 0.717) is 6.54 Å². The lowest BCUT2D eigenvalue weighted by Crippen LogP contribution is -2.23. The van der Waals surface area contributed by atoms with Crippen molar-refractivity contribution in [1.82, 2.24) is 0 Å². The number of hydrogen-bond donors (Lipinski definition) is 2. The van der Waals surface area contributed by atoms with Crippen LogP contribution < -0.4 is 11.1 Å². The molecule has 92 valence electrons. The number of hydrogen-bond acceptors (Lipinski definition) is 3. The lowest BCUT2D eigenvalue weighted by Gasteiger charge is -2.05. The van der Waals surface area contributed by atoms with E-state index in [9.17, 15) is 4.79 Å². The summed E-state index contributed by atoms with van der Waals surface area (Å²) >= 11 is 0. The van der Waals surface area contributed by atoms with Gasteiger partial charge in [-0.15, -0.1) is 0 Å². The Morgan fingerprint density at radius 1 is 1.41 bits per heavy atom. The van der Waals surface area contributed by atoms with Crippen LogP contribution in [0.1, 0.15) is 12.0 Å². The summed E-state index contributed by atoms with van der Waals surface area (Å²) in [4.78, 5) is 14.8. The molecule has 17 heavy (non-hydrogen) atoms. The monoisotopic (exact) mass is 235 g/mol. The minimum Gasteiger partial charge on any atom is -0.469 e. The molecule has 0 saturated carbocycles. The van der Waals surface area contributed by atoms with Crippen LogP contribution in [0.4, 0.5) is 5.69 Å². The maximum atomic E-state index is 10.8. The molecule has 0 atom stereocenters. The summed E-state index contributed by atoms with van der Waals surface area (Å²) in [6.07, 6.45) is 0.229. The number of benzene rings is 1. The fourth-order valence-electron chi connectivity index (χ4n) is 1.19. The van der Waals surface area contributed by atoms with Crippen LogP contribution >= 0.6 is 0 Å². The number of anilines is 1. The summed E-state index contributed by atoms with van der Waals surface area (Å²) in [5.41, 5.74) is 7.71. The molecule has 0 spiro atoms. The Balaban J connectivity index is 2.43. The molecule has 1 aromatic carbocycles. The zero-order valence-corrected chi connectivity index (χ0v) is 10.1. The average molecular weight is 235 g/mol. The normalized spacial score (nSPS) is 11.1. The van der Waals surface area contributed by atoms with E-state index in [1.54, 1.807) is 0 Å². The molecule has 1 rings (SSSR count). The first kappa shape index (κ1) is 13.0. The van der Waals surface area contributed by atoms with Crippen molar-refractivity contribution in [3.8, 4) is 0 Å². The molecule has 0 aliphatic heterocycles. The summed E-state index contributed by atoms with van der Waals surface area (Å²) in [5.74, 6) is -0.00496. The quantitative estimate of drug-likeness (QED) is 0.468. The van der Waals surface area contributed by atoms with Gasteiger partial charge in [0, 0.05) is 5.69 Å². The Morgan fingerprint density at radius 2 is 2.06 bits per heavy atom. The van der Waals surface area contributed by atoms with Crippen LogP contribution in [0, 0.1) is 6.92 Å². The Labute approximate surface area is 101 Å². The number of aryl methyl sites for hydroxylation is 1. The van der Waals surface area contributed by atoms with Crippen LogP contribution in [-0.2, 0) is 9.53 Å². The lowest BCUT2D eigenvalue weighted by molar-refractivity contribution is -0.140. The molecule has 0 fully saturated rings. The molecule has 0 saturated heterocycles. The smallest absolute Gasteiger partial charge is 0.307 e. The molecule has 5 heteroatoms. The Kier molecular flexibility index (Phi) is 5.00. The highest BCUT2D eigenvalue weighted by atomic mass is 16.5. The average Bonchev–Trinajstić information content (AvgIpc) is 2.32. The van der Waals surface area contributed by atoms with Crippen LogP contribution in [0.3, 0.4) is 0 Å². The second-order valence-electron chi connectivity index (χ2n) is 3.58. The predicted molar refractivity (Wildman–Crippen MR) is 67.9 cm³/mol. The zero-order chi connectivity index (χ0) is 12.7. The number of nitrogens with one attached hydrogen (secondary N) is 1. The minimum absolute atomic E-state index is 0.229. The molecule has 0 heterocycles. The van der Waals surface area contributed by atoms with Crippen molar-refractivity contribution in [1.29, 1.82) is 0 Å². The fraction of sp³-hybridized carbons (Fsp3) is 0.333. The molecule has 0 bridgehead atoms. The molecule has 0 radical (unpaired) electrons. The van der Waals surface area contributed by atoms with Crippen LogP contribution in [0.15, 0.2) is 29.3 Å². The summed E-state index contributed by atoms with van der Waals surface area (Å²) in [6, 6.07) is 7.78. The van der Waals surface area contributed by atoms with Crippen LogP contribution in [0.25, 0.3) is 0 Å². The highest BCUT2D eigenvalue weighted by Gasteiger charge is 1.99. The van der Waals surface area contributed by atoms with E-state index in [4.69, 9.17) is 5.73 Å². The third-order valence-corrected chi connectivity index (χ3v) is 2.15. The number of carbonyl (C=O) groups excluding carboxylic acids is 1. The van der Waals surface area contributed by atoms with Gasteiger partial charge in [0.1, 0.15) is 0 Å². The fourth-order valence-corrected chi connectivity index (χ4v) is 1.19. The number of nitrogens with two attached hydrogens (primary N) is 1. The molecule has 0 unspecified atom stereocenters. The molecule has 5 nitrogen and oxygen atoms in total. The number of guanidine groups is 1. The van der Waals surface area contributed by atoms with E-state index in [1.165, 1.54) is 12.7 Å². The maximum absolute atomic E-state index is 10.8. The summed E-state index contributed by atoms with van der Waals surface area (Å²) in [7, 11) is 1.35. The molecule has 0 aromatic heterocycles. The number of carbonyl (C=O) groups is 1. The Morgan fingerprint density at radius 3 is 2.65 bits per heavy atom. The van der Waals surface area contributed by atoms with Crippen LogP contribution in [0.2, 0.25) is 0 Å². The molecule has 1 aromatic rings. The van der Waals surface area contributed by atoms with Crippen LogP contribution in [-0.4, -0.2) is 25.6 Å². The lowest BCUT2D eigenvalue weighted by atomic mass is 10.2. The number of rotatable bonds is 4. The zero-order valence-electron chi connectivity index (χ0n) is 10.1. The van der Waals surface area contributed by atoms with Crippen molar-refractivity contribution >= 4 is 17.6 Å². The van der Waals surface area contributed by atoms with Crippen molar-refractivity contribution in [3.05, 3.63) is 29.8 Å². The van der Waals surface area contributed by atoms with E-state index in [1.807, 2.05) is 31.2 Å². The van der Waals surface area contributed by atoms with Crippen molar-refractivity contribution < 1.29 is 9.53 Å². The van der Waals surface area contributed by atoms with Crippen molar-refractivity contribution in [3.63, 3.8) is 0 Å². The van der Waals surface area contributed by atoms with E-state index < -0.39 is 0 Å². The van der Waals surface area contributed by atoms with Gasteiger partial charge in [-0.1, -0.05) is 17.7 Å². The largest absolute Gasteiger partial charge is 0.469 e. The highest BCUT2D eigenvalue weighted by molar-refractivity contribution is 5.92. The van der Waals surface area contributed by atoms with Gasteiger partial charge in [0.25, 0.3) is 0 Å². The highest BCUT2D eigenvalue weighted by Crippen LogP contribution is 2.07. The first-order valence-electron chi connectivity index (χ1n) is 5.32. The number of esters is 1. The van der Waals surface area contributed by atoms with Gasteiger partial charge < -0.3 is 15.8 Å². The topological polar surface area (TPSA) is 76.7 Å². The molecule has 0 aliphatic carbocycles. The van der Waals surface area contributed by atoms with Gasteiger partial charge in [0.2, 0.25) is 0 Å². The number of methoxy groups -OCH3 is 1. The summed E-state index contributed by atoms with van der Waals surface area (Å²) in [5, 5.41) is 2.94. The first-order chi connectivity index (χ1) is 8.11. The predicted octanol–water partition coefficient (Wildman–Crippen LogP) is 1.28.